The first-order valence-electron chi connectivity index (χ1n) is 14.0. The molecule has 0 amide bonds. The number of carboxylic acids is 1. The molecule has 0 saturated carbocycles. The fourth-order valence-electron chi connectivity index (χ4n) is 5.46. The van der Waals surface area contributed by atoms with Crippen LogP contribution < -0.4 is 4.74 Å². The van der Waals surface area contributed by atoms with Crippen molar-refractivity contribution < 1.29 is 41.3 Å². The Morgan fingerprint density at radius 1 is 1.00 bits per heavy atom. The van der Waals surface area contributed by atoms with Crippen LogP contribution in [-0.2, 0) is 17.8 Å². The lowest BCUT2D eigenvalue weighted by Crippen LogP contribution is -2.25. The molecule has 8 nitrogen and oxygen atoms in total. The van der Waals surface area contributed by atoms with Crippen LogP contribution in [0.15, 0.2) is 66.7 Å². The van der Waals surface area contributed by atoms with Crippen molar-refractivity contribution in [3.8, 4) is 23.2 Å². The number of nitriles is 1. The summed E-state index contributed by atoms with van der Waals surface area (Å²) >= 11 is 0. The second-order valence-electron chi connectivity index (χ2n) is 10.7. The fourth-order valence-corrected chi connectivity index (χ4v) is 5.46. The molecule has 1 N–H and O–H groups in total. The molecule has 5 aromatic rings. The van der Waals surface area contributed by atoms with Crippen molar-refractivity contribution in [3.05, 3.63) is 112 Å². The smallest absolute Gasteiger partial charge is 0.335 e. The van der Waals surface area contributed by atoms with E-state index in [1.165, 1.54) is 53.1 Å². The summed E-state index contributed by atoms with van der Waals surface area (Å²) in [5.74, 6) is -4.58. The summed E-state index contributed by atoms with van der Waals surface area (Å²) < 4.78 is 85.5. The van der Waals surface area contributed by atoms with Crippen LogP contribution in [-0.4, -0.2) is 45.3 Å². The zero-order chi connectivity index (χ0) is 32.5. The predicted molar refractivity (Wildman–Crippen MR) is 154 cm³/mol. The summed E-state index contributed by atoms with van der Waals surface area (Å²) in [4.78, 5) is 20.3. The molecule has 1 aliphatic rings. The molecule has 2 atom stereocenters. The minimum Gasteiger partial charge on any atom is -0.478 e. The van der Waals surface area contributed by atoms with Crippen molar-refractivity contribution in [2.24, 2.45) is 5.92 Å². The molecule has 0 aliphatic carbocycles. The molecule has 0 spiro atoms. The van der Waals surface area contributed by atoms with E-state index in [2.05, 4.69) is 9.97 Å². The molecule has 1 saturated heterocycles. The first kappa shape index (κ1) is 30.7. The van der Waals surface area contributed by atoms with Crippen LogP contribution in [0.3, 0.4) is 0 Å². The zero-order valence-corrected chi connectivity index (χ0v) is 23.8. The number of imidazole rings is 1. The summed E-state index contributed by atoms with van der Waals surface area (Å²) in [5.41, 5.74) is 0.533. The van der Waals surface area contributed by atoms with E-state index in [1.54, 1.807) is 0 Å². The second-order valence-corrected chi connectivity index (χ2v) is 10.7. The average Bonchev–Trinajstić information content (AvgIpc) is 3.66. The number of benzene rings is 3. The van der Waals surface area contributed by atoms with Gasteiger partial charge in [0.15, 0.2) is 0 Å². The molecule has 0 bridgehead atoms. The Hall–Kier alpha value is -5.35. The van der Waals surface area contributed by atoms with Gasteiger partial charge in [-0.1, -0.05) is 12.1 Å². The number of hydrogen-bond donors (Lipinski definition) is 1. The van der Waals surface area contributed by atoms with Crippen molar-refractivity contribution in [1.29, 1.82) is 5.26 Å². The number of ether oxygens (including phenoxy) is 2. The molecule has 3 aromatic carbocycles. The van der Waals surface area contributed by atoms with Crippen LogP contribution in [0.5, 0.6) is 5.88 Å². The van der Waals surface area contributed by atoms with Crippen LogP contribution in [0.2, 0.25) is 0 Å². The number of fused-ring (bicyclic) bond motifs is 1. The molecule has 46 heavy (non-hydrogen) atoms. The first-order valence-corrected chi connectivity index (χ1v) is 14.0. The average molecular weight is 635 g/mol. The number of carboxylic acid groups (broad SMARTS) is 1. The molecule has 1 fully saturated rings. The number of alkyl halides is 2. The number of nitrogens with zero attached hydrogens (tertiary/aromatic N) is 4. The highest BCUT2D eigenvalue weighted by molar-refractivity contribution is 5.92. The van der Waals surface area contributed by atoms with Gasteiger partial charge in [-0.3, -0.25) is 0 Å². The number of carbonyl (C=O) groups is 1. The lowest BCUT2D eigenvalue weighted by molar-refractivity contribution is 0.0555. The van der Waals surface area contributed by atoms with Crippen molar-refractivity contribution in [1.82, 2.24) is 14.5 Å². The van der Waals surface area contributed by atoms with Crippen molar-refractivity contribution in [2.75, 3.05) is 13.2 Å². The van der Waals surface area contributed by atoms with E-state index < -0.39 is 41.8 Å². The van der Waals surface area contributed by atoms with E-state index in [4.69, 9.17) is 14.7 Å². The van der Waals surface area contributed by atoms with E-state index in [0.717, 1.165) is 18.2 Å². The predicted octanol–water partition coefficient (Wildman–Crippen LogP) is 6.71. The topological polar surface area (TPSA) is 110 Å². The third-order valence-electron chi connectivity index (χ3n) is 7.80. The third kappa shape index (κ3) is 5.99. The van der Waals surface area contributed by atoms with Crippen molar-refractivity contribution >= 4 is 17.0 Å². The van der Waals surface area contributed by atoms with Crippen LogP contribution in [0.1, 0.15) is 38.9 Å². The maximum absolute atomic E-state index is 15.6. The molecule has 13 heteroatoms. The number of hydrogen-bond acceptors (Lipinski definition) is 6. The van der Waals surface area contributed by atoms with Gasteiger partial charge in [0, 0.05) is 23.6 Å². The lowest BCUT2D eigenvalue weighted by atomic mass is 10.0. The Morgan fingerprint density at radius 3 is 2.54 bits per heavy atom. The van der Waals surface area contributed by atoms with Gasteiger partial charge < -0.3 is 19.1 Å². The van der Waals surface area contributed by atoms with E-state index in [-0.39, 0.29) is 77.0 Å². The summed E-state index contributed by atoms with van der Waals surface area (Å²) in [6, 6.07) is 15.2. The van der Waals surface area contributed by atoms with Crippen molar-refractivity contribution in [2.45, 2.75) is 25.5 Å². The highest BCUT2D eigenvalue weighted by atomic mass is 19.3. The molecular weight excluding hydrogens is 611 g/mol. The standard InChI is InChI=1S/C33H23F5N4O4/c34-23-8-17(13-39)4-5-19(23)14-46-31-3-1-2-26(41-31)21-12-24(35)20(9-25(21)36)11-30-40-27-7-6-18(33(43)44)10-28(27)42(30)29-16-45-15-22(29)32(37)38/h1-10,12,22,29,32H,11,14-16H2,(H,43,44)/t22?,29-/m1/s1. The summed E-state index contributed by atoms with van der Waals surface area (Å²) in [6.07, 6.45) is -3.04. The Labute approximate surface area is 258 Å². The first-order chi connectivity index (χ1) is 22.1. The third-order valence-corrected chi connectivity index (χ3v) is 7.80. The summed E-state index contributed by atoms with van der Waals surface area (Å²) in [5, 5.41) is 18.4. The van der Waals surface area contributed by atoms with Gasteiger partial charge in [0.1, 0.15) is 29.9 Å². The van der Waals surface area contributed by atoms with E-state index >= 15 is 8.78 Å². The van der Waals surface area contributed by atoms with E-state index in [9.17, 15) is 23.1 Å². The zero-order valence-electron chi connectivity index (χ0n) is 23.8. The molecule has 6 rings (SSSR count). The maximum atomic E-state index is 15.6. The van der Waals surface area contributed by atoms with Gasteiger partial charge in [0.05, 0.1) is 59.1 Å². The highest BCUT2D eigenvalue weighted by Crippen LogP contribution is 2.36. The van der Waals surface area contributed by atoms with Gasteiger partial charge >= 0.3 is 5.97 Å². The minimum atomic E-state index is -2.75. The van der Waals surface area contributed by atoms with Gasteiger partial charge in [0.2, 0.25) is 12.3 Å². The molecular formula is C33H23F5N4O4. The number of aromatic carboxylic acids is 1. The Kier molecular flexibility index (Phi) is 8.38. The van der Waals surface area contributed by atoms with Crippen LogP contribution >= 0.6 is 0 Å². The number of aromatic nitrogens is 3. The Bertz CT molecular complexity index is 2010. The molecule has 0 radical (unpaired) electrons. The number of rotatable bonds is 9. The fraction of sp³-hybridized carbons (Fsp3) is 0.212. The van der Waals surface area contributed by atoms with Gasteiger partial charge in [-0.15, -0.1) is 0 Å². The Balaban J connectivity index is 1.30. The normalized spacial score (nSPS) is 16.2. The second kappa shape index (κ2) is 12.6. The van der Waals surface area contributed by atoms with Crippen LogP contribution in [0.25, 0.3) is 22.3 Å². The molecule has 1 unspecified atom stereocenters. The molecule has 1 aliphatic heterocycles. The van der Waals surface area contributed by atoms with Crippen LogP contribution in [0.4, 0.5) is 22.0 Å². The van der Waals surface area contributed by atoms with Crippen molar-refractivity contribution in [3.63, 3.8) is 0 Å². The Morgan fingerprint density at radius 2 is 1.80 bits per heavy atom. The van der Waals surface area contributed by atoms with Gasteiger partial charge in [-0.25, -0.2) is 36.7 Å². The number of halogens is 5. The van der Waals surface area contributed by atoms with Gasteiger partial charge in [-0.2, -0.15) is 5.26 Å². The molecule has 3 heterocycles. The summed E-state index contributed by atoms with van der Waals surface area (Å²) in [7, 11) is 0. The van der Waals surface area contributed by atoms with Gasteiger partial charge in [-0.05, 0) is 54.1 Å². The summed E-state index contributed by atoms with van der Waals surface area (Å²) in [6.45, 7) is -0.546. The largest absolute Gasteiger partial charge is 0.478 e. The molecule has 234 valence electrons. The van der Waals surface area contributed by atoms with E-state index in [1.807, 2.05) is 6.07 Å². The maximum Gasteiger partial charge on any atom is 0.335 e. The SMILES string of the molecule is N#Cc1ccc(COc2cccc(-c3cc(F)c(Cc4nc5ccc(C(=O)O)cc5n4[C@@H]4COCC4C(F)F)cc3F)n2)c(F)c1. The number of pyridine rings is 1. The van der Waals surface area contributed by atoms with Gasteiger partial charge in [0.25, 0.3) is 0 Å². The highest BCUT2D eigenvalue weighted by Gasteiger charge is 2.38. The monoisotopic (exact) mass is 634 g/mol. The quantitative estimate of drug-likeness (QED) is 0.180. The molecule has 2 aromatic heterocycles. The minimum absolute atomic E-state index is 0.0203. The lowest BCUT2D eigenvalue weighted by Gasteiger charge is -2.22. The van der Waals surface area contributed by atoms with Crippen LogP contribution in [0, 0.1) is 34.7 Å². The van der Waals surface area contributed by atoms with E-state index in [0.29, 0.717) is 5.52 Å².